The number of benzene rings is 2. The van der Waals surface area contributed by atoms with Crippen LogP contribution in [0.1, 0.15) is 45.9 Å². The van der Waals surface area contributed by atoms with E-state index >= 15 is 0 Å². The zero-order valence-electron chi connectivity index (χ0n) is 21.3. The molecule has 0 radical (unpaired) electrons. The monoisotopic (exact) mass is 512 g/mol. The number of carboxylic acid groups (broad SMARTS) is 1. The molecule has 198 valence electrons. The topological polar surface area (TPSA) is 72.0 Å². The van der Waals surface area contributed by atoms with Crippen LogP contribution in [0.2, 0.25) is 0 Å². The summed E-state index contributed by atoms with van der Waals surface area (Å²) in [5, 5.41) is 10.9. The van der Waals surface area contributed by atoms with E-state index in [1.165, 1.54) is 0 Å². The van der Waals surface area contributed by atoms with Crippen LogP contribution in [-0.2, 0) is 6.54 Å². The first-order valence-electron chi connectivity index (χ1n) is 12.9. The van der Waals surface area contributed by atoms with Gasteiger partial charge in [0, 0.05) is 68.0 Å². The SMILES string of the molecule is COc1cc(C)c2[nH]ccc2c1CN1CCN(CC(F)F)C[C@H]1c1ccc(C(=O)O)c(N2CCCC2)c1. The second-order valence-electron chi connectivity index (χ2n) is 10.1. The van der Waals surface area contributed by atoms with Crippen LogP contribution in [0.25, 0.3) is 10.9 Å². The van der Waals surface area contributed by atoms with Crippen LogP contribution in [-0.4, -0.2) is 78.7 Å². The lowest BCUT2D eigenvalue weighted by Gasteiger charge is -2.42. The zero-order chi connectivity index (χ0) is 26.1. The highest BCUT2D eigenvalue weighted by molar-refractivity contribution is 5.94. The minimum Gasteiger partial charge on any atom is -0.496 e. The van der Waals surface area contributed by atoms with Crippen molar-refractivity contribution >= 4 is 22.6 Å². The largest absolute Gasteiger partial charge is 0.496 e. The Kier molecular flexibility index (Phi) is 7.35. The molecule has 0 amide bonds. The smallest absolute Gasteiger partial charge is 0.337 e. The van der Waals surface area contributed by atoms with Crippen molar-refractivity contribution in [3.05, 3.63) is 58.8 Å². The highest BCUT2D eigenvalue weighted by atomic mass is 19.3. The Morgan fingerprint density at radius 3 is 2.65 bits per heavy atom. The quantitative estimate of drug-likeness (QED) is 0.447. The number of nitrogens with one attached hydrogen (secondary N) is 1. The maximum absolute atomic E-state index is 13.3. The van der Waals surface area contributed by atoms with E-state index in [0.717, 1.165) is 65.0 Å². The van der Waals surface area contributed by atoms with Gasteiger partial charge in [0.2, 0.25) is 0 Å². The van der Waals surface area contributed by atoms with Gasteiger partial charge >= 0.3 is 5.97 Å². The normalized spacial score (nSPS) is 19.3. The number of H-pyrrole nitrogens is 1. The van der Waals surface area contributed by atoms with Gasteiger partial charge in [-0.25, -0.2) is 13.6 Å². The van der Waals surface area contributed by atoms with Gasteiger partial charge in [-0.15, -0.1) is 0 Å². The molecule has 5 rings (SSSR count). The average Bonchev–Trinajstić information content (AvgIpc) is 3.58. The van der Waals surface area contributed by atoms with Crippen LogP contribution in [0.3, 0.4) is 0 Å². The van der Waals surface area contributed by atoms with Crippen LogP contribution in [0, 0.1) is 6.92 Å². The number of hydrogen-bond donors (Lipinski definition) is 2. The molecule has 3 aromatic rings. The van der Waals surface area contributed by atoms with Gasteiger partial charge in [0.1, 0.15) is 5.75 Å². The molecule has 7 nitrogen and oxygen atoms in total. The molecule has 0 bridgehead atoms. The van der Waals surface area contributed by atoms with Crippen LogP contribution in [0.15, 0.2) is 36.5 Å². The Labute approximate surface area is 215 Å². The molecule has 2 fully saturated rings. The first-order chi connectivity index (χ1) is 17.9. The van der Waals surface area contributed by atoms with Crippen LogP contribution in [0.4, 0.5) is 14.5 Å². The minimum absolute atomic E-state index is 0.170. The predicted octanol–water partition coefficient (Wildman–Crippen LogP) is 4.91. The average molecular weight is 513 g/mol. The van der Waals surface area contributed by atoms with Gasteiger partial charge in [-0.1, -0.05) is 6.07 Å². The van der Waals surface area contributed by atoms with Gasteiger partial charge in [0.25, 0.3) is 6.43 Å². The van der Waals surface area contributed by atoms with Crippen molar-refractivity contribution in [1.29, 1.82) is 0 Å². The fourth-order valence-electron chi connectivity index (χ4n) is 5.88. The summed E-state index contributed by atoms with van der Waals surface area (Å²) >= 11 is 0. The molecule has 37 heavy (non-hydrogen) atoms. The zero-order valence-corrected chi connectivity index (χ0v) is 21.3. The van der Waals surface area contributed by atoms with Gasteiger partial charge in [-0.2, -0.15) is 0 Å². The number of carboxylic acids is 1. The molecule has 3 heterocycles. The Bertz CT molecular complexity index is 1270. The number of piperazine rings is 1. The third-order valence-corrected chi connectivity index (χ3v) is 7.75. The van der Waals surface area contributed by atoms with E-state index in [0.29, 0.717) is 26.2 Å². The molecule has 2 aliphatic heterocycles. The molecular weight excluding hydrogens is 478 g/mol. The van der Waals surface area contributed by atoms with Gasteiger partial charge in [0.05, 0.1) is 24.9 Å². The number of nitrogens with zero attached hydrogens (tertiary/aromatic N) is 3. The number of aromatic amines is 1. The van der Waals surface area contributed by atoms with Crippen LogP contribution in [0.5, 0.6) is 5.75 Å². The van der Waals surface area contributed by atoms with E-state index in [1.807, 2.05) is 36.2 Å². The Morgan fingerprint density at radius 1 is 1.16 bits per heavy atom. The first-order valence-corrected chi connectivity index (χ1v) is 12.9. The molecule has 0 spiro atoms. The third-order valence-electron chi connectivity index (χ3n) is 7.75. The number of alkyl halides is 2. The fourth-order valence-corrected chi connectivity index (χ4v) is 5.88. The van der Waals surface area contributed by atoms with Gasteiger partial charge < -0.3 is 19.7 Å². The summed E-state index contributed by atoms with van der Waals surface area (Å²) in [6.45, 7) is 5.60. The van der Waals surface area contributed by atoms with Crippen molar-refractivity contribution in [1.82, 2.24) is 14.8 Å². The number of aromatic nitrogens is 1. The maximum Gasteiger partial charge on any atom is 0.337 e. The molecular formula is C28H34F2N4O3. The second-order valence-corrected chi connectivity index (χ2v) is 10.1. The second kappa shape index (κ2) is 10.7. The van der Waals surface area contributed by atoms with E-state index in [1.54, 1.807) is 13.2 Å². The number of rotatable bonds is 8. The Morgan fingerprint density at radius 2 is 1.95 bits per heavy atom. The highest BCUT2D eigenvalue weighted by Gasteiger charge is 2.32. The van der Waals surface area contributed by atoms with E-state index in [2.05, 4.69) is 20.9 Å². The Hall–Kier alpha value is -3.17. The van der Waals surface area contributed by atoms with Crippen molar-refractivity contribution in [2.45, 2.75) is 38.8 Å². The molecule has 2 saturated heterocycles. The van der Waals surface area contributed by atoms with Crippen molar-refractivity contribution in [2.75, 3.05) is 51.3 Å². The van der Waals surface area contributed by atoms with Gasteiger partial charge in [-0.3, -0.25) is 9.80 Å². The number of halogens is 2. The van der Waals surface area contributed by atoms with Gasteiger partial charge in [0.15, 0.2) is 0 Å². The number of ether oxygens (including phenoxy) is 1. The van der Waals surface area contributed by atoms with Crippen LogP contribution < -0.4 is 9.64 Å². The Balaban J connectivity index is 1.54. The third kappa shape index (κ3) is 5.15. The van der Waals surface area contributed by atoms with Crippen molar-refractivity contribution in [2.24, 2.45) is 0 Å². The number of methoxy groups -OCH3 is 1. The summed E-state index contributed by atoms with van der Waals surface area (Å²) in [5.74, 6) is -0.148. The van der Waals surface area contributed by atoms with E-state index < -0.39 is 12.4 Å². The number of hydrogen-bond acceptors (Lipinski definition) is 5. The van der Waals surface area contributed by atoms with Gasteiger partial charge in [-0.05, 0) is 55.2 Å². The summed E-state index contributed by atoms with van der Waals surface area (Å²) in [7, 11) is 1.67. The van der Waals surface area contributed by atoms with Crippen molar-refractivity contribution in [3.8, 4) is 5.75 Å². The fraction of sp³-hybridized carbons (Fsp3) is 0.464. The van der Waals surface area contributed by atoms with E-state index in [9.17, 15) is 18.7 Å². The number of aryl methyl sites for hydroxylation is 1. The molecule has 2 N–H and O–H groups in total. The first kappa shape index (κ1) is 25.5. The van der Waals surface area contributed by atoms with E-state index in [4.69, 9.17) is 4.74 Å². The van der Waals surface area contributed by atoms with E-state index in [-0.39, 0.29) is 18.2 Å². The molecule has 2 aliphatic rings. The molecule has 9 heteroatoms. The number of aromatic carboxylic acids is 1. The number of fused-ring (bicyclic) bond motifs is 1. The lowest BCUT2D eigenvalue weighted by molar-refractivity contribution is 0.0246. The lowest BCUT2D eigenvalue weighted by Crippen LogP contribution is -2.49. The molecule has 0 saturated carbocycles. The molecule has 1 atom stereocenters. The molecule has 2 aromatic carbocycles. The highest BCUT2D eigenvalue weighted by Crippen LogP contribution is 2.37. The summed E-state index contributed by atoms with van der Waals surface area (Å²) in [5.41, 5.74) is 5.16. The lowest BCUT2D eigenvalue weighted by atomic mass is 9.97. The summed E-state index contributed by atoms with van der Waals surface area (Å²) in [6, 6.07) is 9.41. The molecule has 0 aliphatic carbocycles. The number of anilines is 1. The summed E-state index contributed by atoms with van der Waals surface area (Å²) in [6.07, 6.45) is 1.58. The molecule has 1 aromatic heterocycles. The summed E-state index contributed by atoms with van der Waals surface area (Å²) in [4.78, 5) is 21.6. The van der Waals surface area contributed by atoms with Crippen molar-refractivity contribution < 1.29 is 23.4 Å². The van der Waals surface area contributed by atoms with Crippen molar-refractivity contribution in [3.63, 3.8) is 0 Å². The summed E-state index contributed by atoms with van der Waals surface area (Å²) < 4.78 is 32.4. The standard InChI is InChI=1S/C28H34F2N4O3/c1-18-13-25(37-2)22(20-7-8-31-27(18)20)15-34-12-11-32(17-26(29)30)16-24(34)19-5-6-21(28(35)36)23(14-19)33-9-3-4-10-33/h5-8,13-14,24,26,31H,3-4,9-12,15-17H2,1-2H3,(H,35,36)/t24-/m0/s1. The minimum atomic E-state index is -2.40. The molecule has 0 unspecified atom stereocenters. The maximum atomic E-state index is 13.3. The predicted molar refractivity (Wildman–Crippen MR) is 140 cm³/mol. The van der Waals surface area contributed by atoms with Crippen LogP contribution >= 0.6 is 0 Å². The number of carbonyl (C=O) groups is 1.